The fourth-order valence-electron chi connectivity index (χ4n) is 1.82. The Labute approximate surface area is 123 Å². The van der Waals surface area contributed by atoms with Crippen LogP contribution >= 0.6 is 0 Å². The van der Waals surface area contributed by atoms with Gasteiger partial charge < -0.3 is 14.8 Å². The predicted octanol–water partition coefficient (Wildman–Crippen LogP) is 3.52. The second-order valence-electron chi connectivity index (χ2n) is 5.01. The summed E-state index contributed by atoms with van der Waals surface area (Å²) in [4.78, 5) is 0. The van der Waals surface area contributed by atoms with E-state index in [1.165, 1.54) is 24.0 Å². The van der Waals surface area contributed by atoms with Gasteiger partial charge in [-0.25, -0.2) is 0 Å². The van der Waals surface area contributed by atoms with Gasteiger partial charge in [0, 0.05) is 13.2 Å². The molecule has 0 aliphatic rings. The van der Waals surface area contributed by atoms with Crippen molar-refractivity contribution in [3.63, 3.8) is 0 Å². The highest BCUT2D eigenvalue weighted by Gasteiger charge is 1.96. The number of hydrogen-bond acceptors (Lipinski definition) is 3. The van der Waals surface area contributed by atoms with E-state index in [-0.39, 0.29) is 0 Å². The number of benzene rings is 1. The van der Waals surface area contributed by atoms with Gasteiger partial charge in [0.2, 0.25) is 0 Å². The van der Waals surface area contributed by atoms with Crippen LogP contribution in [0, 0.1) is 0 Å². The summed E-state index contributed by atoms with van der Waals surface area (Å²) in [6.45, 7) is 9.24. The molecular weight excluding hydrogens is 250 g/mol. The summed E-state index contributed by atoms with van der Waals surface area (Å²) in [7, 11) is 0. The van der Waals surface area contributed by atoms with Crippen LogP contribution in [0.1, 0.15) is 44.2 Å². The minimum absolute atomic E-state index is 0.666. The first-order valence-corrected chi connectivity index (χ1v) is 7.80. The molecule has 20 heavy (non-hydrogen) atoms. The molecule has 0 amide bonds. The first-order valence-electron chi connectivity index (χ1n) is 7.80. The Morgan fingerprint density at radius 1 is 0.850 bits per heavy atom. The third-order valence-electron chi connectivity index (χ3n) is 3.06. The minimum atomic E-state index is 0.666. The fraction of sp³-hybridized carbons (Fsp3) is 0.647. The van der Waals surface area contributed by atoms with E-state index in [0.717, 1.165) is 26.1 Å². The molecule has 0 saturated carbocycles. The molecule has 1 aromatic rings. The van der Waals surface area contributed by atoms with Crippen LogP contribution in [0.2, 0.25) is 0 Å². The Bertz CT molecular complexity index is 324. The van der Waals surface area contributed by atoms with Crippen molar-refractivity contribution in [3.05, 3.63) is 35.4 Å². The maximum absolute atomic E-state index is 5.60. The van der Waals surface area contributed by atoms with E-state index in [0.29, 0.717) is 19.8 Å². The molecule has 3 nitrogen and oxygen atoms in total. The average Bonchev–Trinajstić information content (AvgIpc) is 2.48. The highest BCUT2D eigenvalue weighted by Crippen LogP contribution is 2.05. The van der Waals surface area contributed by atoms with Crippen LogP contribution in [0.25, 0.3) is 0 Å². The van der Waals surface area contributed by atoms with E-state index in [9.17, 15) is 0 Å². The average molecular weight is 279 g/mol. The third-order valence-corrected chi connectivity index (χ3v) is 3.06. The van der Waals surface area contributed by atoms with Crippen LogP contribution in [-0.4, -0.2) is 26.4 Å². The van der Waals surface area contributed by atoms with Gasteiger partial charge in [-0.1, -0.05) is 44.5 Å². The summed E-state index contributed by atoms with van der Waals surface area (Å²) in [6.07, 6.45) is 3.49. The zero-order chi connectivity index (χ0) is 14.5. The lowest BCUT2D eigenvalue weighted by molar-refractivity contribution is 0.0397. The molecule has 0 atom stereocenters. The number of hydrogen-bond donors (Lipinski definition) is 1. The lowest BCUT2D eigenvalue weighted by Crippen LogP contribution is -2.13. The Balaban J connectivity index is 2.08. The summed E-state index contributed by atoms with van der Waals surface area (Å²) < 4.78 is 11.1. The maximum atomic E-state index is 5.60. The molecular formula is C17H29NO2. The van der Waals surface area contributed by atoms with Gasteiger partial charge in [-0.05, 0) is 30.5 Å². The van der Waals surface area contributed by atoms with Gasteiger partial charge in [-0.15, -0.1) is 0 Å². The molecule has 0 saturated heterocycles. The largest absolute Gasteiger partial charge is 0.379 e. The van der Waals surface area contributed by atoms with Gasteiger partial charge >= 0.3 is 0 Å². The zero-order valence-electron chi connectivity index (χ0n) is 13.0. The van der Waals surface area contributed by atoms with Crippen molar-refractivity contribution in [2.45, 2.75) is 46.3 Å². The lowest BCUT2D eigenvalue weighted by Gasteiger charge is -2.07. The summed E-state index contributed by atoms with van der Waals surface area (Å²) >= 11 is 0. The molecule has 1 aromatic carbocycles. The Hall–Kier alpha value is -0.900. The molecule has 1 N–H and O–H groups in total. The van der Waals surface area contributed by atoms with E-state index in [2.05, 4.69) is 43.4 Å². The van der Waals surface area contributed by atoms with Gasteiger partial charge in [0.05, 0.1) is 19.8 Å². The van der Waals surface area contributed by atoms with Crippen molar-refractivity contribution >= 4 is 0 Å². The summed E-state index contributed by atoms with van der Waals surface area (Å²) in [5.74, 6) is 0. The van der Waals surface area contributed by atoms with E-state index >= 15 is 0 Å². The Morgan fingerprint density at radius 3 is 2.25 bits per heavy atom. The lowest BCUT2D eigenvalue weighted by atomic mass is 10.1. The molecule has 0 unspecified atom stereocenters. The van der Waals surface area contributed by atoms with Gasteiger partial charge in [0.15, 0.2) is 0 Å². The first-order chi connectivity index (χ1) is 9.86. The Kier molecular flexibility index (Phi) is 10.2. The van der Waals surface area contributed by atoms with Crippen molar-refractivity contribution in [1.29, 1.82) is 0 Å². The second kappa shape index (κ2) is 11.9. The first kappa shape index (κ1) is 17.2. The molecule has 0 aliphatic heterocycles. The zero-order valence-corrected chi connectivity index (χ0v) is 13.0. The fourth-order valence-corrected chi connectivity index (χ4v) is 1.82. The Morgan fingerprint density at radius 2 is 1.55 bits per heavy atom. The van der Waals surface area contributed by atoms with E-state index in [1.54, 1.807) is 0 Å². The molecule has 1 rings (SSSR count). The van der Waals surface area contributed by atoms with Crippen LogP contribution < -0.4 is 5.32 Å². The molecule has 114 valence electrons. The molecule has 0 radical (unpaired) electrons. The summed E-state index contributed by atoms with van der Waals surface area (Å²) in [6, 6.07) is 8.61. The number of nitrogens with one attached hydrogen (secondary N) is 1. The van der Waals surface area contributed by atoms with Crippen LogP contribution in [0.15, 0.2) is 24.3 Å². The summed E-state index contributed by atoms with van der Waals surface area (Å²) in [5, 5.41) is 3.40. The smallest absolute Gasteiger partial charge is 0.0718 e. The topological polar surface area (TPSA) is 30.5 Å². The maximum Gasteiger partial charge on any atom is 0.0718 e. The molecule has 0 aliphatic carbocycles. The van der Waals surface area contributed by atoms with Crippen LogP contribution in [0.3, 0.4) is 0 Å². The van der Waals surface area contributed by atoms with Gasteiger partial charge in [0.25, 0.3) is 0 Å². The van der Waals surface area contributed by atoms with Crippen molar-refractivity contribution in [1.82, 2.24) is 5.32 Å². The van der Waals surface area contributed by atoms with Crippen LogP contribution in [0.5, 0.6) is 0 Å². The minimum Gasteiger partial charge on any atom is -0.379 e. The molecule has 0 heterocycles. The van der Waals surface area contributed by atoms with Gasteiger partial charge in [-0.3, -0.25) is 0 Å². The predicted molar refractivity (Wildman–Crippen MR) is 83.8 cm³/mol. The molecule has 0 fully saturated rings. The van der Waals surface area contributed by atoms with E-state index < -0.39 is 0 Å². The van der Waals surface area contributed by atoms with E-state index in [4.69, 9.17) is 9.47 Å². The summed E-state index contributed by atoms with van der Waals surface area (Å²) in [5.41, 5.74) is 2.54. The van der Waals surface area contributed by atoms with Crippen molar-refractivity contribution < 1.29 is 9.47 Å². The molecule has 0 aromatic heterocycles. The third kappa shape index (κ3) is 8.31. The van der Waals surface area contributed by atoms with Crippen molar-refractivity contribution in [2.75, 3.05) is 26.4 Å². The normalized spacial score (nSPS) is 10.9. The monoisotopic (exact) mass is 279 g/mol. The second-order valence-corrected chi connectivity index (χ2v) is 5.01. The number of rotatable bonds is 12. The SMILES string of the molecule is CCCCOCCOCc1ccc(CNCCC)cc1. The van der Waals surface area contributed by atoms with Crippen LogP contribution in [0.4, 0.5) is 0 Å². The van der Waals surface area contributed by atoms with Crippen LogP contribution in [-0.2, 0) is 22.6 Å². The van der Waals surface area contributed by atoms with Gasteiger partial charge in [-0.2, -0.15) is 0 Å². The molecule has 0 spiro atoms. The highest BCUT2D eigenvalue weighted by molar-refractivity contribution is 5.21. The van der Waals surface area contributed by atoms with Gasteiger partial charge in [0.1, 0.15) is 0 Å². The van der Waals surface area contributed by atoms with Crippen molar-refractivity contribution in [3.8, 4) is 0 Å². The van der Waals surface area contributed by atoms with E-state index in [1.807, 2.05) is 0 Å². The standard InChI is InChI=1S/C17H29NO2/c1-3-5-11-19-12-13-20-15-17-8-6-16(7-9-17)14-18-10-4-2/h6-9,18H,3-5,10-15H2,1-2H3. The number of ether oxygens (including phenoxy) is 2. The highest BCUT2D eigenvalue weighted by atomic mass is 16.5. The molecule has 3 heteroatoms. The number of unbranched alkanes of at least 4 members (excludes halogenated alkanes) is 1. The van der Waals surface area contributed by atoms with Crippen molar-refractivity contribution in [2.24, 2.45) is 0 Å². The quantitative estimate of drug-likeness (QED) is 0.594. The molecule has 0 bridgehead atoms.